The third-order valence-corrected chi connectivity index (χ3v) is 7.28. The molecule has 2 aromatic carbocycles. The number of hydrogen-bond acceptors (Lipinski definition) is 5. The van der Waals surface area contributed by atoms with Crippen molar-refractivity contribution in [3.63, 3.8) is 0 Å². The zero-order chi connectivity index (χ0) is 25.1. The predicted octanol–water partition coefficient (Wildman–Crippen LogP) is 5.03. The van der Waals surface area contributed by atoms with Crippen molar-refractivity contribution >= 4 is 5.91 Å². The van der Waals surface area contributed by atoms with E-state index in [2.05, 4.69) is 39.7 Å². The lowest BCUT2D eigenvalue weighted by Crippen LogP contribution is -2.34. The van der Waals surface area contributed by atoms with Crippen LogP contribution < -0.4 is 5.69 Å². The molecule has 186 valence electrons. The number of nitrogens with zero attached hydrogens (tertiary/aromatic N) is 5. The predicted molar refractivity (Wildman–Crippen MR) is 139 cm³/mol. The number of hydrogen-bond donors (Lipinski definition) is 1. The topological polar surface area (TPSA) is 98.5 Å². The van der Waals surface area contributed by atoms with Crippen molar-refractivity contribution in [3.05, 3.63) is 76.0 Å². The molecule has 0 atom stereocenters. The molecule has 0 unspecified atom stereocenters. The Morgan fingerprint density at radius 3 is 2.42 bits per heavy atom. The number of nitrogens with one attached hydrogen (secondary N) is 1. The SMILES string of the molecule is CCCc1c(C)n(C(=O)C2CCCCC2)c(=O)n1Cc1ccc(-c2ccccc2-c2nn[nH]n2)cc1. The molecule has 36 heavy (non-hydrogen) atoms. The zero-order valence-corrected chi connectivity index (χ0v) is 20.9. The number of imidazole rings is 1. The number of carbonyl (C=O) groups excluding carboxylic acids is 1. The molecule has 1 fully saturated rings. The van der Waals surface area contributed by atoms with E-state index in [9.17, 15) is 9.59 Å². The van der Waals surface area contributed by atoms with Crippen LogP contribution in [0.25, 0.3) is 22.5 Å². The van der Waals surface area contributed by atoms with E-state index in [-0.39, 0.29) is 17.5 Å². The quantitative estimate of drug-likeness (QED) is 0.397. The highest BCUT2D eigenvalue weighted by Gasteiger charge is 2.28. The third kappa shape index (κ3) is 4.55. The molecule has 5 rings (SSSR count). The summed E-state index contributed by atoms with van der Waals surface area (Å²) in [5.74, 6) is 0.477. The maximum atomic E-state index is 13.5. The third-order valence-electron chi connectivity index (χ3n) is 7.28. The van der Waals surface area contributed by atoms with Crippen molar-refractivity contribution in [2.24, 2.45) is 5.92 Å². The van der Waals surface area contributed by atoms with Gasteiger partial charge in [-0.1, -0.05) is 81.1 Å². The molecular weight excluding hydrogens is 452 g/mol. The normalized spacial score (nSPS) is 14.3. The summed E-state index contributed by atoms with van der Waals surface area (Å²) in [6, 6.07) is 16.1. The second-order valence-electron chi connectivity index (χ2n) is 9.64. The van der Waals surface area contributed by atoms with Crippen LogP contribution in [-0.4, -0.2) is 35.7 Å². The lowest BCUT2D eigenvalue weighted by atomic mass is 9.88. The molecule has 1 aliphatic rings. The second kappa shape index (κ2) is 10.4. The van der Waals surface area contributed by atoms with Gasteiger partial charge in [0.2, 0.25) is 11.7 Å². The van der Waals surface area contributed by atoms with Gasteiger partial charge in [0.1, 0.15) is 0 Å². The van der Waals surface area contributed by atoms with Gasteiger partial charge < -0.3 is 0 Å². The summed E-state index contributed by atoms with van der Waals surface area (Å²) < 4.78 is 3.25. The first kappa shape index (κ1) is 23.9. The van der Waals surface area contributed by atoms with E-state index in [1.807, 2.05) is 43.3 Å². The number of carbonyl (C=O) groups is 1. The molecule has 0 aliphatic heterocycles. The number of aromatic amines is 1. The fraction of sp³-hybridized carbons (Fsp3) is 0.393. The van der Waals surface area contributed by atoms with E-state index in [1.165, 1.54) is 11.0 Å². The molecule has 1 saturated carbocycles. The fourth-order valence-electron chi connectivity index (χ4n) is 5.39. The lowest BCUT2D eigenvalue weighted by molar-refractivity contribution is 0.0794. The molecule has 8 nitrogen and oxygen atoms in total. The minimum Gasteiger partial charge on any atom is -0.291 e. The van der Waals surface area contributed by atoms with Crippen LogP contribution in [0.4, 0.5) is 0 Å². The molecule has 4 aromatic rings. The minimum absolute atomic E-state index is 0.0262. The standard InChI is InChI=1S/C28H32N6O2/c1-3-9-25-19(2)34(27(35)22-10-5-4-6-11-22)28(36)33(25)18-20-14-16-21(17-15-20)23-12-7-8-13-24(23)26-29-31-32-30-26/h7-8,12-17,22H,3-6,9-11,18H2,1-2H3,(H,29,30,31,32). The minimum atomic E-state index is -0.210. The van der Waals surface area contributed by atoms with Gasteiger partial charge in [-0.3, -0.25) is 9.36 Å². The number of benzene rings is 2. The largest absolute Gasteiger partial charge is 0.335 e. The maximum Gasteiger partial charge on any atom is 0.335 e. The van der Waals surface area contributed by atoms with Crippen LogP contribution in [0.2, 0.25) is 0 Å². The number of rotatable bonds is 7. The van der Waals surface area contributed by atoms with Gasteiger partial charge in [-0.05, 0) is 48.1 Å². The van der Waals surface area contributed by atoms with Gasteiger partial charge in [0.05, 0.1) is 6.54 Å². The van der Waals surface area contributed by atoms with Crippen molar-refractivity contribution in [2.45, 2.75) is 65.3 Å². The lowest BCUT2D eigenvalue weighted by Gasteiger charge is -2.20. The molecule has 0 saturated heterocycles. The molecular formula is C28H32N6O2. The maximum absolute atomic E-state index is 13.5. The first-order valence-corrected chi connectivity index (χ1v) is 12.9. The molecule has 0 spiro atoms. The smallest absolute Gasteiger partial charge is 0.291 e. The summed E-state index contributed by atoms with van der Waals surface area (Å²) >= 11 is 0. The number of H-pyrrole nitrogens is 1. The zero-order valence-electron chi connectivity index (χ0n) is 20.9. The second-order valence-corrected chi connectivity index (χ2v) is 9.64. The summed E-state index contributed by atoms with van der Waals surface area (Å²) in [7, 11) is 0. The Hall–Kier alpha value is -3.81. The fourth-order valence-corrected chi connectivity index (χ4v) is 5.39. The van der Waals surface area contributed by atoms with Gasteiger partial charge >= 0.3 is 5.69 Å². The van der Waals surface area contributed by atoms with Gasteiger partial charge in [0.15, 0.2) is 0 Å². The molecule has 1 N–H and O–H groups in total. The Morgan fingerprint density at radius 1 is 1.03 bits per heavy atom. The summed E-state index contributed by atoms with van der Waals surface area (Å²) in [6.45, 7) is 4.46. The Labute approximate surface area is 210 Å². The van der Waals surface area contributed by atoms with Gasteiger partial charge in [0.25, 0.3) is 0 Å². The summed E-state index contributed by atoms with van der Waals surface area (Å²) in [5, 5.41) is 14.4. The molecule has 2 aromatic heterocycles. The van der Waals surface area contributed by atoms with Crippen LogP contribution in [0.15, 0.2) is 53.3 Å². The van der Waals surface area contributed by atoms with Crippen molar-refractivity contribution in [1.29, 1.82) is 0 Å². The highest BCUT2D eigenvalue weighted by atomic mass is 16.2. The van der Waals surface area contributed by atoms with Gasteiger partial charge in [-0.15, -0.1) is 10.2 Å². The Bertz CT molecular complexity index is 1390. The monoisotopic (exact) mass is 484 g/mol. The van der Waals surface area contributed by atoms with E-state index in [1.54, 1.807) is 4.57 Å². The summed E-state index contributed by atoms with van der Waals surface area (Å²) in [5.41, 5.74) is 5.49. The Morgan fingerprint density at radius 2 is 1.75 bits per heavy atom. The van der Waals surface area contributed by atoms with E-state index in [0.29, 0.717) is 12.4 Å². The average molecular weight is 485 g/mol. The Kier molecular flexibility index (Phi) is 6.93. The van der Waals surface area contributed by atoms with Crippen LogP contribution in [0.1, 0.15) is 67.2 Å². The molecule has 2 heterocycles. The van der Waals surface area contributed by atoms with Crippen molar-refractivity contribution < 1.29 is 4.79 Å². The van der Waals surface area contributed by atoms with E-state index >= 15 is 0 Å². The summed E-state index contributed by atoms with van der Waals surface area (Å²) in [6.07, 6.45) is 6.74. The van der Waals surface area contributed by atoms with E-state index in [0.717, 1.165) is 72.2 Å². The molecule has 0 bridgehead atoms. The van der Waals surface area contributed by atoms with Crippen molar-refractivity contribution in [3.8, 4) is 22.5 Å². The van der Waals surface area contributed by atoms with Crippen molar-refractivity contribution in [2.75, 3.05) is 0 Å². The summed E-state index contributed by atoms with van der Waals surface area (Å²) in [4.78, 5) is 26.8. The van der Waals surface area contributed by atoms with Crippen LogP contribution >= 0.6 is 0 Å². The van der Waals surface area contributed by atoms with Crippen molar-refractivity contribution in [1.82, 2.24) is 29.8 Å². The first-order valence-electron chi connectivity index (χ1n) is 12.9. The molecule has 0 amide bonds. The highest BCUT2D eigenvalue weighted by molar-refractivity contribution is 5.82. The molecule has 1 aliphatic carbocycles. The van der Waals surface area contributed by atoms with Crippen LogP contribution in [0.5, 0.6) is 0 Å². The number of aromatic nitrogens is 6. The van der Waals surface area contributed by atoms with Crippen LogP contribution in [0.3, 0.4) is 0 Å². The molecule has 0 radical (unpaired) electrons. The van der Waals surface area contributed by atoms with Crippen LogP contribution in [-0.2, 0) is 13.0 Å². The number of tetrazole rings is 1. The highest BCUT2D eigenvalue weighted by Crippen LogP contribution is 2.30. The van der Waals surface area contributed by atoms with Gasteiger partial charge in [-0.2, -0.15) is 5.21 Å². The van der Waals surface area contributed by atoms with Gasteiger partial charge in [0, 0.05) is 22.9 Å². The van der Waals surface area contributed by atoms with Crippen LogP contribution in [0, 0.1) is 12.8 Å². The first-order chi connectivity index (χ1) is 17.6. The van der Waals surface area contributed by atoms with E-state index in [4.69, 9.17) is 0 Å². The van der Waals surface area contributed by atoms with Gasteiger partial charge in [-0.25, -0.2) is 9.36 Å². The Balaban J connectivity index is 1.45. The average Bonchev–Trinajstić information content (AvgIpc) is 3.53. The van der Waals surface area contributed by atoms with E-state index < -0.39 is 0 Å². The molecule has 8 heteroatoms.